The molecule has 0 bridgehead atoms. The highest BCUT2D eigenvalue weighted by molar-refractivity contribution is 5.85. The van der Waals surface area contributed by atoms with Gasteiger partial charge in [0.1, 0.15) is 0 Å². The molecule has 0 amide bonds. The summed E-state index contributed by atoms with van der Waals surface area (Å²) < 4.78 is 0. The Kier molecular flexibility index (Phi) is 3.51. The van der Waals surface area contributed by atoms with Crippen LogP contribution in [0.4, 0.5) is 0 Å². The summed E-state index contributed by atoms with van der Waals surface area (Å²) in [6.45, 7) is 4.74. The first-order valence-corrected chi connectivity index (χ1v) is 7.65. The average Bonchev–Trinajstić information content (AvgIpc) is 2.46. The molecular weight excluding hydrogens is 244 g/mol. The number of hydrogen-bond acceptors (Lipinski definition) is 2. The molecule has 0 radical (unpaired) electrons. The topological polar surface area (TPSA) is 38.9 Å². The van der Waals surface area contributed by atoms with Crippen molar-refractivity contribution in [2.75, 3.05) is 0 Å². The van der Waals surface area contributed by atoms with Crippen LogP contribution in [-0.2, 0) is 0 Å². The van der Waals surface area contributed by atoms with E-state index in [2.05, 4.69) is 43.1 Å². The average molecular weight is 268 g/mol. The van der Waals surface area contributed by atoms with Gasteiger partial charge in [0, 0.05) is 23.8 Å². The molecule has 1 heterocycles. The Morgan fingerprint density at radius 2 is 1.95 bits per heavy atom. The molecule has 0 aliphatic heterocycles. The normalized spacial score (nSPS) is 20.9. The first-order valence-electron chi connectivity index (χ1n) is 7.65. The molecule has 106 valence electrons. The van der Waals surface area contributed by atoms with Gasteiger partial charge in [-0.2, -0.15) is 0 Å². The van der Waals surface area contributed by atoms with E-state index in [-0.39, 0.29) is 6.04 Å². The molecule has 2 aromatic rings. The van der Waals surface area contributed by atoms with Crippen molar-refractivity contribution in [3.63, 3.8) is 0 Å². The van der Waals surface area contributed by atoms with Crippen LogP contribution in [0.3, 0.4) is 0 Å². The van der Waals surface area contributed by atoms with Crippen LogP contribution < -0.4 is 5.73 Å². The van der Waals surface area contributed by atoms with E-state index in [1.807, 2.05) is 12.4 Å². The van der Waals surface area contributed by atoms with Gasteiger partial charge >= 0.3 is 0 Å². The van der Waals surface area contributed by atoms with Gasteiger partial charge < -0.3 is 5.73 Å². The summed E-state index contributed by atoms with van der Waals surface area (Å²) in [7, 11) is 0. The van der Waals surface area contributed by atoms with E-state index in [1.54, 1.807) is 0 Å². The SMILES string of the molecule is CC1(C)CCC(C(N)c2cccc3ccncc23)CC1. The van der Waals surface area contributed by atoms with Crippen LogP contribution in [0.2, 0.25) is 0 Å². The number of pyridine rings is 1. The number of aromatic nitrogens is 1. The zero-order chi connectivity index (χ0) is 14.2. The standard InChI is InChI=1S/C18H24N2/c1-18(2)9-6-14(7-10-18)17(19)15-5-3-4-13-8-11-20-12-16(13)15/h3-5,8,11-12,14,17H,6-7,9-10,19H2,1-2H3. The highest BCUT2D eigenvalue weighted by atomic mass is 14.7. The van der Waals surface area contributed by atoms with Crippen LogP contribution in [0.25, 0.3) is 10.8 Å². The number of fused-ring (bicyclic) bond motifs is 1. The summed E-state index contributed by atoms with van der Waals surface area (Å²) in [5.41, 5.74) is 8.36. The molecule has 1 atom stereocenters. The lowest BCUT2D eigenvalue weighted by molar-refractivity contribution is 0.174. The molecule has 20 heavy (non-hydrogen) atoms. The van der Waals surface area contributed by atoms with Crippen LogP contribution in [0.15, 0.2) is 36.7 Å². The van der Waals surface area contributed by atoms with E-state index in [4.69, 9.17) is 5.73 Å². The zero-order valence-electron chi connectivity index (χ0n) is 12.5. The van der Waals surface area contributed by atoms with Crippen molar-refractivity contribution in [3.05, 3.63) is 42.2 Å². The Morgan fingerprint density at radius 3 is 2.70 bits per heavy atom. The third-order valence-corrected chi connectivity index (χ3v) is 4.97. The van der Waals surface area contributed by atoms with Crippen molar-refractivity contribution in [2.24, 2.45) is 17.1 Å². The van der Waals surface area contributed by atoms with Crippen molar-refractivity contribution in [1.29, 1.82) is 0 Å². The Labute approximate surface area is 121 Å². The van der Waals surface area contributed by atoms with Crippen molar-refractivity contribution in [3.8, 4) is 0 Å². The lowest BCUT2D eigenvalue weighted by Crippen LogP contribution is -2.29. The van der Waals surface area contributed by atoms with Crippen LogP contribution in [0, 0.1) is 11.3 Å². The molecule has 2 heteroatoms. The fourth-order valence-electron chi connectivity index (χ4n) is 3.46. The molecule has 1 saturated carbocycles. The first-order chi connectivity index (χ1) is 9.57. The number of hydrogen-bond donors (Lipinski definition) is 1. The first kappa shape index (κ1) is 13.6. The maximum Gasteiger partial charge on any atom is 0.0349 e. The van der Waals surface area contributed by atoms with Crippen molar-refractivity contribution in [2.45, 2.75) is 45.6 Å². The van der Waals surface area contributed by atoms with E-state index in [0.29, 0.717) is 11.3 Å². The van der Waals surface area contributed by atoms with Gasteiger partial charge in [-0.05, 0) is 54.0 Å². The molecule has 2 nitrogen and oxygen atoms in total. The number of nitrogens with two attached hydrogens (primary N) is 1. The minimum absolute atomic E-state index is 0.138. The summed E-state index contributed by atoms with van der Waals surface area (Å²) in [6, 6.07) is 8.63. The summed E-state index contributed by atoms with van der Waals surface area (Å²) in [6.07, 6.45) is 8.86. The molecule has 0 spiro atoms. The summed E-state index contributed by atoms with van der Waals surface area (Å²) in [5.74, 6) is 0.605. The molecule has 1 unspecified atom stereocenters. The van der Waals surface area contributed by atoms with Crippen molar-refractivity contribution < 1.29 is 0 Å². The summed E-state index contributed by atoms with van der Waals surface area (Å²) >= 11 is 0. The molecule has 3 rings (SSSR count). The third-order valence-electron chi connectivity index (χ3n) is 4.97. The maximum atomic E-state index is 6.60. The van der Waals surface area contributed by atoms with Crippen LogP contribution in [0.5, 0.6) is 0 Å². The highest BCUT2D eigenvalue weighted by Crippen LogP contribution is 2.42. The molecule has 1 aliphatic carbocycles. The lowest BCUT2D eigenvalue weighted by atomic mass is 9.70. The van der Waals surface area contributed by atoms with E-state index >= 15 is 0 Å². The van der Waals surface area contributed by atoms with Crippen LogP contribution in [0.1, 0.15) is 51.1 Å². The Bertz CT molecular complexity index is 588. The molecule has 2 N–H and O–H groups in total. The quantitative estimate of drug-likeness (QED) is 0.874. The van der Waals surface area contributed by atoms with Gasteiger partial charge in [-0.1, -0.05) is 32.0 Å². The molecule has 1 aromatic heterocycles. The second-order valence-corrected chi connectivity index (χ2v) is 6.97. The van der Waals surface area contributed by atoms with Gasteiger partial charge in [0.15, 0.2) is 0 Å². The van der Waals surface area contributed by atoms with Gasteiger partial charge in [0.25, 0.3) is 0 Å². The van der Waals surface area contributed by atoms with Gasteiger partial charge in [0.2, 0.25) is 0 Å². The van der Waals surface area contributed by atoms with Gasteiger partial charge in [-0.15, -0.1) is 0 Å². The van der Waals surface area contributed by atoms with E-state index in [0.717, 1.165) is 0 Å². The molecule has 1 aromatic carbocycles. The summed E-state index contributed by atoms with van der Waals surface area (Å²) in [5, 5.41) is 2.46. The second kappa shape index (κ2) is 5.17. The third kappa shape index (κ3) is 2.57. The summed E-state index contributed by atoms with van der Waals surface area (Å²) in [4.78, 5) is 4.27. The largest absolute Gasteiger partial charge is 0.324 e. The maximum absolute atomic E-state index is 6.60. The number of benzene rings is 1. The smallest absolute Gasteiger partial charge is 0.0349 e. The van der Waals surface area contributed by atoms with Crippen LogP contribution >= 0.6 is 0 Å². The fourth-order valence-corrected chi connectivity index (χ4v) is 3.46. The van der Waals surface area contributed by atoms with E-state index in [9.17, 15) is 0 Å². The number of rotatable bonds is 2. The monoisotopic (exact) mass is 268 g/mol. The fraction of sp³-hybridized carbons (Fsp3) is 0.500. The zero-order valence-corrected chi connectivity index (χ0v) is 12.5. The highest BCUT2D eigenvalue weighted by Gasteiger charge is 2.30. The molecule has 0 saturated heterocycles. The Morgan fingerprint density at radius 1 is 1.20 bits per heavy atom. The van der Waals surface area contributed by atoms with Gasteiger partial charge in [0.05, 0.1) is 0 Å². The Balaban J connectivity index is 1.88. The van der Waals surface area contributed by atoms with Gasteiger partial charge in [-0.25, -0.2) is 0 Å². The predicted molar refractivity (Wildman–Crippen MR) is 84.4 cm³/mol. The molecular formula is C18H24N2. The number of nitrogens with zero attached hydrogens (tertiary/aromatic N) is 1. The Hall–Kier alpha value is -1.41. The van der Waals surface area contributed by atoms with E-state index in [1.165, 1.54) is 42.0 Å². The minimum atomic E-state index is 0.138. The predicted octanol–water partition coefficient (Wildman–Crippen LogP) is 4.45. The van der Waals surface area contributed by atoms with Crippen LogP contribution in [-0.4, -0.2) is 4.98 Å². The van der Waals surface area contributed by atoms with Crippen molar-refractivity contribution in [1.82, 2.24) is 4.98 Å². The second-order valence-electron chi connectivity index (χ2n) is 6.97. The van der Waals surface area contributed by atoms with Gasteiger partial charge in [-0.3, -0.25) is 4.98 Å². The lowest BCUT2D eigenvalue weighted by Gasteiger charge is -2.37. The minimum Gasteiger partial charge on any atom is -0.324 e. The van der Waals surface area contributed by atoms with Crippen molar-refractivity contribution >= 4 is 10.8 Å². The molecule has 1 fully saturated rings. The molecule has 1 aliphatic rings. The van der Waals surface area contributed by atoms with E-state index < -0.39 is 0 Å².